The molecular weight excluding hydrogens is 336 g/mol. The Hall–Kier alpha value is -3.25. The number of hydrogen-bond acceptors (Lipinski definition) is 5. The minimum atomic E-state index is 0.240. The minimum Gasteiger partial charge on any atom is -0.353 e. The molecule has 27 heavy (non-hydrogen) atoms. The first-order chi connectivity index (χ1) is 13.2. The summed E-state index contributed by atoms with van der Waals surface area (Å²) in [6.07, 6.45) is 5.74. The van der Waals surface area contributed by atoms with Crippen molar-refractivity contribution in [3.05, 3.63) is 66.6 Å². The lowest BCUT2D eigenvalue weighted by atomic mass is 10.1. The van der Waals surface area contributed by atoms with Crippen LogP contribution in [0.2, 0.25) is 0 Å². The smallest absolute Gasteiger partial charge is 0.161 e. The fraction of sp³-hybridized carbons (Fsp3) is 0.190. The molecule has 0 saturated carbocycles. The molecule has 4 heterocycles. The number of benzene rings is 1. The van der Waals surface area contributed by atoms with E-state index in [9.17, 15) is 0 Å². The van der Waals surface area contributed by atoms with Gasteiger partial charge in [0.25, 0.3) is 0 Å². The van der Waals surface area contributed by atoms with E-state index in [0.717, 1.165) is 41.4 Å². The van der Waals surface area contributed by atoms with Gasteiger partial charge in [-0.1, -0.05) is 23.8 Å². The maximum absolute atomic E-state index is 5.88. The summed E-state index contributed by atoms with van der Waals surface area (Å²) >= 11 is 0. The Morgan fingerprint density at radius 1 is 1.04 bits per heavy atom. The summed E-state index contributed by atoms with van der Waals surface area (Å²) in [5, 5.41) is 0. The van der Waals surface area contributed by atoms with Crippen molar-refractivity contribution in [2.45, 2.75) is 13.0 Å². The Bertz CT molecular complexity index is 1130. The van der Waals surface area contributed by atoms with Crippen LogP contribution in [0.25, 0.3) is 28.3 Å². The molecule has 0 radical (unpaired) electrons. The lowest BCUT2D eigenvalue weighted by Crippen LogP contribution is -2.56. The summed E-state index contributed by atoms with van der Waals surface area (Å²) in [5.74, 6) is 1.63. The number of hydrogen-bond donors (Lipinski definition) is 1. The molecule has 6 nitrogen and oxygen atoms in total. The van der Waals surface area contributed by atoms with Crippen LogP contribution in [0.15, 0.2) is 61.1 Å². The molecule has 3 aromatic heterocycles. The first kappa shape index (κ1) is 16.0. The van der Waals surface area contributed by atoms with E-state index < -0.39 is 0 Å². The number of fused-ring (bicyclic) bond motifs is 1. The van der Waals surface area contributed by atoms with E-state index >= 15 is 0 Å². The van der Waals surface area contributed by atoms with E-state index in [0.29, 0.717) is 5.82 Å². The standard InChI is InChI=1S/C21H20N6/c1-14-3-2-4-15(9-14)18-11-24-20-10-16(6-8-27(18)20)21-23-7-5-19(25-21)26-12-17(22)13-26/h2-11,17H,12-13,22H2,1H3. The van der Waals surface area contributed by atoms with Crippen LogP contribution in [0.4, 0.5) is 5.82 Å². The number of nitrogens with zero attached hydrogens (tertiary/aromatic N) is 5. The highest BCUT2D eigenvalue weighted by molar-refractivity contribution is 5.68. The van der Waals surface area contributed by atoms with Gasteiger partial charge in [-0.15, -0.1) is 0 Å². The SMILES string of the molecule is Cc1cccc(-c2cnc3cc(-c4nccc(N5CC(N)C5)n4)ccn23)c1. The van der Waals surface area contributed by atoms with Crippen LogP contribution < -0.4 is 10.6 Å². The van der Waals surface area contributed by atoms with Gasteiger partial charge in [0.1, 0.15) is 11.5 Å². The number of pyridine rings is 1. The van der Waals surface area contributed by atoms with Crippen molar-refractivity contribution >= 4 is 11.5 Å². The zero-order chi connectivity index (χ0) is 18.4. The average molecular weight is 356 g/mol. The number of anilines is 1. The maximum atomic E-state index is 5.88. The molecule has 0 amide bonds. The van der Waals surface area contributed by atoms with Crippen molar-refractivity contribution < 1.29 is 0 Å². The van der Waals surface area contributed by atoms with Crippen LogP contribution in [-0.4, -0.2) is 38.5 Å². The van der Waals surface area contributed by atoms with Crippen LogP contribution in [0, 0.1) is 6.92 Å². The summed E-state index contributed by atoms with van der Waals surface area (Å²) < 4.78 is 2.09. The molecule has 0 atom stereocenters. The molecule has 134 valence electrons. The topological polar surface area (TPSA) is 72.3 Å². The van der Waals surface area contributed by atoms with E-state index in [1.54, 1.807) is 6.20 Å². The average Bonchev–Trinajstić information content (AvgIpc) is 3.09. The predicted octanol–water partition coefficient (Wildman–Crippen LogP) is 2.91. The van der Waals surface area contributed by atoms with Crippen molar-refractivity contribution in [2.75, 3.05) is 18.0 Å². The third-order valence-electron chi connectivity index (χ3n) is 4.96. The van der Waals surface area contributed by atoms with E-state index in [1.165, 1.54) is 5.56 Å². The van der Waals surface area contributed by atoms with Gasteiger partial charge in [-0.2, -0.15) is 0 Å². The van der Waals surface area contributed by atoms with Crippen molar-refractivity contribution in [1.29, 1.82) is 0 Å². The van der Waals surface area contributed by atoms with E-state index in [1.807, 2.05) is 30.6 Å². The Morgan fingerprint density at radius 2 is 1.93 bits per heavy atom. The molecule has 0 spiro atoms. The molecule has 2 N–H and O–H groups in total. The Labute approximate surface area is 157 Å². The largest absolute Gasteiger partial charge is 0.353 e. The van der Waals surface area contributed by atoms with Crippen molar-refractivity contribution in [2.24, 2.45) is 5.73 Å². The highest BCUT2D eigenvalue weighted by atomic mass is 15.3. The zero-order valence-electron chi connectivity index (χ0n) is 15.1. The Morgan fingerprint density at radius 3 is 2.74 bits per heavy atom. The minimum absolute atomic E-state index is 0.240. The van der Waals surface area contributed by atoms with Gasteiger partial charge in [0.15, 0.2) is 5.82 Å². The summed E-state index contributed by atoms with van der Waals surface area (Å²) in [6, 6.07) is 14.7. The van der Waals surface area contributed by atoms with Gasteiger partial charge >= 0.3 is 0 Å². The zero-order valence-corrected chi connectivity index (χ0v) is 15.1. The van der Waals surface area contributed by atoms with Gasteiger partial charge in [-0.05, 0) is 31.2 Å². The fourth-order valence-corrected chi connectivity index (χ4v) is 3.50. The molecule has 0 bridgehead atoms. The van der Waals surface area contributed by atoms with Gasteiger partial charge in [-0.3, -0.25) is 4.40 Å². The third-order valence-corrected chi connectivity index (χ3v) is 4.96. The molecule has 0 aliphatic carbocycles. The molecule has 1 saturated heterocycles. The normalized spacial score (nSPS) is 14.5. The van der Waals surface area contributed by atoms with Crippen molar-refractivity contribution in [3.63, 3.8) is 0 Å². The second-order valence-electron chi connectivity index (χ2n) is 7.06. The molecule has 6 heteroatoms. The summed E-state index contributed by atoms with van der Waals surface area (Å²) in [7, 11) is 0. The first-order valence-electron chi connectivity index (χ1n) is 9.05. The molecular formula is C21H20N6. The number of nitrogens with two attached hydrogens (primary N) is 1. The highest BCUT2D eigenvalue weighted by Gasteiger charge is 2.24. The van der Waals surface area contributed by atoms with Crippen LogP contribution in [0.3, 0.4) is 0 Å². The number of aromatic nitrogens is 4. The first-order valence-corrected chi connectivity index (χ1v) is 9.05. The second-order valence-corrected chi connectivity index (χ2v) is 7.06. The van der Waals surface area contributed by atoms with Gasteiger partial charge in [0.05, 0.1) is 11.9 Å². The number of imidazole rings is 1. The summed E-state index contributed by atoms with van der Waals surface area (Å²) in [4.78, 5) is 15.9. The van der Waals surface area contributed by atoms with Crippen LogP contribution in [-0.2, 0) is 0 Å². The van der Waals surface area contributed by atoms with Crippen molar-refractivity contribution in [3.8, 4) is 22.6 Å². The molecule has 4 aromatic rings. The van der Waals surface area contributed by atoms with Crippen LogP contribution in [0.1, 0.15) is 5.56 Å². The van der Waals surface area contributed by atoms with Gasteiger partial charge < -0.3 is 10.6 Å². The lowest BCUT2D eigenvalue weighted by molar-refractivity contribution is 0.514. The number of rotatable bonds is 3. The maximum Gasteiger partial charge on any atom is 0.161 e. The van der Waals surface area contributed by atoms with E-state index in [-0.39, 0.29) is 6.04 Å². The molecule has 1 aliphatic heterocycles. The monoisotopic (exact) mass is 356 g/mol. The molecule has 1 aromatic carbocycles. The van der Waals surface area contributed by atoms with E-state index in [2.05, 4.69) is 50.5 Å². The lowest BCUT2D eigenvalue weighted by Gasteiger charge is -2.37. The summed E-state index contributed by atoms with van der Waals surface area (Å²) in [5.41, 5.74) is 11.2. The second kappa shape index (κ2) is 6.17. The molecule has 1 aliphatic rings. The Kier molecular flexibility index (Phi) is 3.65. The van der Waals surface area contributed by atoms with Crippen LogP contribution >= 0.6 is 0 Å². The third kappa shape index (κ3) is 2.84. The van der Waals surface area contributed by atoms with E-state index in [4.69, 9.17) is 10.7 Å². The fourth-order valence-electron chi connectivity index (χ4n) is 3.50. The Balaban J connectivity index is 1.52. The summed E-state index contributed by atoms with van der Waals surface area (Å²) in [6.45, 7) is 3.78. The van der Waals surface area contributed by atoms with Crippen LogP contribution in [0.5, 0.6) is 0 Å². The predicted molar refractivity (Wildman–Crippen MR) is 107 cm³/mol. The quantitative estimate of drug-likeness (QED) is 0.611. The molecule has 1 fully saturated rings. The van der Waals surface area contributed by atoms with Gasteiger partial charge in [0.2, 0.25) is 0 Å². The highest BCUT2D eigenvalue weighted by Crippen LogP contribution is 2.25. The van der Waals surface area contributed by atoms with Gasteiger partial charge in [0, 0.05) is 42.7 Å². The van der Waals surface area contributed by atoms with Crippen molar-refractivity contribution in [1.82, 2.24) is 19.4 Å². The van der Waals surface area contributed by atoms with Gasteiger partial charge in [-0.25, -0.2) is 15.0 Å². The molecule has 0 unspecified atom stereocenters. The molecule has 5 rings (SSSR count). The number of aryl methyl sites for hydroxylation is 1.